The molecule has 0 aromatic carbocycles. The van der Waals surface area contributed by atoms with Crippen molar-refractivity contribution in [3.8, 4) is 22.9 Å². The van der Waals surface area contributed by atoms with E-state index in [1.807, 2.05) is 18.2 Å². The Labute approximate surface area is 184 Å². The zero-order valence-corrected chi connectivity index (χ0v) is 17.8. The van der Waals surface area contributed by atoms with Gasteiger partial charge in [-0.05, 0) is 43.9 Å². The summed E-state index contributed by atoms with van der Waals surface area (Å²) >= 11 is 0. The van der Waals surface area contributed by atoms with Gasteiger partial charge in [0.05, 0.1) is 35.0 Å². The fourth-order valence-corrected chi connectivity index (χ4v) is 4.55. The van der Waals surface area contributed by atoms with Crippen molar-refractivity contribution in [1.29, 1.82) is 5.26 Å². The van der Waals surface area contributed by atoms with Crippen LogP contribution < -0.4 is 9.64 Å². The average Bonchev–Trinajstić information content (AvgIpc) is 3.09. The van der Waals surface area contributed by atoms with Gasteiger partial charge in [-0.2, -0.15) is 10.4 Å². The fourth-order valence-electron chi connectivity index (χ4n) is 4.55. The van der Waals surface area contributed by atoms with Crippen LogP contribution in [0.3, 0.4) is 0 Å². The molecule has 9 heteroatoms. The Morgan fingerprint density at radius 3 is 2.66 bits per heavy atom. The van der Waals surface area contributed by atoms with Crippen LogP contribution in [0.4, 0.5) is 5.82 Å². The molecule has 0 amide bonds. The smallest absolute Gasteiger partial charge is 0.307 e. The lowest BCUT2D eigenvalue weighted by Gasteiger charge is -2.20. The highest BCUT2D eigenvalue weighted by Gasteiger charge is 2.59. The van der Waals surface area contributed by atoms with E-state index in [2.05, 4.69) is 21.1 Å². The number of carboxylic acids is 1. The average molecular weight is 433 g/mol. The van der Waals surface area contributed by atoms with Gasteiger partial charge in [0, 0.05) is 30.4 Å². The monoisotopic (exact) mass is 433 g/mol. The van der Waals surface area contributed by atoms with Crippen molar-refractivity contribution in [1.82, 2.24) is 14.6 Å². The highest BCUT2D eigenvalue weighted by molar-refractivity contribution is 5.85. The third-order valence-corrected chi connectivity index (χ3v) is 6.16. The summed E-state index contributed by atoms with van der Waals surface area (Å²) in [5.41, 5.74) is 1.66. The van der Waals surface area contributed by atoms with E-state index in [0.717, 1.165) is 16.9 Å². The third kappa shape index (κ3) is 3.52. The minimum absolute atomic E-state index is 0.107. The second kappa shape index (κ2) is 7.21. The number of carbonyl (C=O) groups is 1. The van der Waals surface area contributed by atoms with E-state index in [4.69, 9.17) is 4.74 Å². The van der Waals surface area contributed by atoms with Gasteiger partial charge in [-0.15, -0.1) is 0 Å². The molecule has 3 aromatic heterocycles. The summed E-state index contributed by atoms with van der Waals surface area (Å²) < 4.78 is 7.36. The molecule has 4 heterocycles. The molecule has 164 valence electrons. The van der Waals surface area contributed by atoms with E-state index in [1.165, 1.54) is 6.20 Å². The van der Waals surface area contributed by atoms with Gasteiger partial charge >= 0.3 is 5.97 Å². The lowest BCUT2D eigenvalue weighted by atomic mass is 10.1. The summed E-state index contributed by atoms with van der Waals surface area (Å²) in [7, 11) is 0. The summed E-state index contributed by atoms with van der Waals surface area (Å²) in [4.78, 5) is 17.9. The summed E-state index contributed by atoms with van der Waals surface area (Å²) in [5, 5.41) is 33.0. The molecule has 0 bridgehead atoms. The van der Waals surface area contributed by atoms with Crippen LogP contribution in [0.1, 0.15) is 19.4 Å². The van der Waals surface area contributed by atoms with E-state index in [9.17, 15) is 20.3 Å². The van der Waals surface area contributed by atoms with Crippen molar-refractivity contribution < 1.29 is 19.7 Å². The van der Waals surface area contributed by atoms with Crippen molar-refractivity contribution in [2.75, 3.05) is 24.6 Å². The zero-order chi connectivity index (χ0) is 22.6. The number of aliphatic carboxylic acids is 1. The van der Waals surface area contributed by atoms with Crippen molar-refractivity contribution in [3.05, 3.63) is 42.4 Å². The second-order valence-corrected chi connectivity index (χ2v) is 9.16. The molecular formula is C23H23N5O4. The molecule has 32 heavy (non-hydrogen) atoms. The number of hydrogen-bond acceptors (Lipinski definition) is 7. The van der Waals surface area contributed by atoms with Gasteiger partial charge in [0.2, 0.25) is 0 Å². The van der Waals surface area contributed by atoms with Crippen LogP contribution in [0.5, 0.6) is 5.75 Å². The fraction of sp³-hybridized carbons (Fsp3) is 0.391. The van der Waals surface area contributed by atoms with E-state index >= 15 is 0 Å². The summed E-state index contributed by atoms with van der Waals surface area (Å²) in [6, 6.07) is 7.85. The van der Waals surface area contributed by atoms with Gasteiger partial charge in [-0.25, -0.2) is 9.50 Å². The van der Waals surface area contributed by atoms with Gasteiger partial charge in [-0.3, -0.25) is 4.79 Å². The normalized spacial score (nSPS) is 21.9. The zero-order valence-electron chi connectivity index (χ0n) is 17.8. The molecule has 9 nitrogen and oxygen atoms in total. The summed E-state index contributed by atoms with van der Waals surface area (Å²) in [6.45, 7) is 4.85. The van der Waals surface area contributed by atoms with E-state index in [1.54, 1.807) is 30.8 Å². The first-order valence-electron chi connectivity index (χ1n) is 10.5. The number of anilines is 1. The molecule has 2 fully saturated rings. The molecule has 2 N–H and O–H groups in total. The number of hydrogen-bond donors (Lipinski definition) is 2. The highest BCUT2D eigenvalue weighted by Crippen LogP contribution is 2.52. The predicted molar refractivity (Wildman–Crippen MR) is 115 cm³/mol. The molecule has 0 radical (unpaired) electrons. The van der Waals surface area contributed by atoms with E-state index in [0.29, 0.717) is 29.9 Å². The van der Waals surface area contributed by atoms with Crippen LogP contribution in [0, 0.1) is 29.1 Å². The Balaban J connectivity index is 1.44. The number of nitriles is 1. The number of aromatic nitrogens is 3. The molecule has 1 aliphatic heterocycles. The maximum atomic E-state index is 11.2. The number of ether oxygens (including phenoxy) is 1. The van der Waals surface area contributed by atoms with Crippen molar-refractivity contribution in [2.24, 2.45) is 17.8 Å². The van der Waals surface area contributed by atoms with Crippen LogP contribution in [0.2, 0.25) is 0 Å². The van der Waals surface area contributed by atoms with Crippen LogP contribution in [-0.4, -0.2) is 56.1 Å². The Hall–Kier alpha value is -3.64. The molecular weight excluding hydrogens is 410 g/mol. The topological polar surface area (TPSA) is 124 Å². The van der Waals surface area contributed by atoms with Crippen molar-refractivity contribution >= 4 is 17.3 Å². The lowest BCUT2D eigenvalue weighted by molar-refractivity contribution is -0.139. The van der Waals surface area contributed by atoms with Crippen LogP contribution >= 0.6 is 0 Å². The summed E-state index contributed by atoms with van der Waals surface area (Å²) in [5.74, 6) is 0.839. The van der Waals surface area contributed by atoms with Gasteiger partial charge in [-0.1, -0.05) is 0 Å². The standard InChI is InChI=1S/C23H23N5O4/c1-23(2,31)12-32-15-5-16(21-14(6-24)8-26-28(21)9-15)13-3-4-19(25-7-13)27-10-17-18(11-27)20(17)22(29)30/h3-5,7-9,17-18,20,31H,10-12H2,1-2H3,(H,29,30)/t17-,18+,20+. The van der Waals surface area contributed by atoms with Crippen LogP contribution in [0.15, 0.2) is 36.8 Å². The molecule has 1 saturated carbocycles. The first-order valence-corrected chi connectivity index (χ1v) is 10.5. The van der Waals surface area contributed by atoms with Gasteiger partial charge < -0.3 is 19.8 Å². The quantitative estimate of drug-likeness (QED) is 0.606. The number of carboxylic acid groups (broad SMARTS) is 1. The van der Waals surface area contributed by atoms with E-state index in [-0.39, 0.29) is 24.4 Å². The maximum Gasteiger partial charge on any atom is 0.307 e. The predicted octanol–water partition coefficient (Wildman–Crippen LogP) is 2.18. The summed E-state index contributed by atoms with van der Waals surface area (Å²) in [6.07, 6.45) is 4.94. The Morgan fingerprint density at radius 1 is 1.31 bits per heavy atom. The number of pyridine rings is 2. The Morgan fingerprint density at radius 2 is 2.06 bits per heavy atom. The number of piperidine rings is 1. The van der Waals surface area contributed by atoms with Gasteiger partial charge in [0.15, 0.2) is 0 Å². The number of nitrogens with zero attached hydrogens (tertiary/aromatic N) is 5. The minimum atomic E-state index is -0.990. The molecule has 2 aliphatic rings. The number of rotatable bonds is 6. The minimum Gasteiger partial charge on any atom is -0.489 e. The van der Waals surface area contributed by atoms with Crippen LogP contribution in [-0.2, 0) is 4.79 Å². The van der Waals surface area contributed by atoms with Gasteiger partial charge in [0.1, 0.15) is 24.2 Å². The lowest BCUT2D eigenvalue weighted by Crippen LogP contribution is -2.27. The molecule has 1 aliphatic carbocycles. The SMILES string of the molecule is CC(C)(O)COc1cc(-c2ccc(N3C[C@@H]4[C@H](C3)[C@H]4C(=O)O)nc2)c2c(C#N)cnn2c1. The van der Waals surface area contributed by atoms with Crippen molar-refractivity contribution in [2.45, 2.75) is 19.4 Å². The van der Waals surface area contributed by atoms with Crippen LogP contribution in [0.25, 0.3) is 16.6 Å². The third-order valence-electron chi connectivity index (χ3n) is 6.16. The molecule has 3 atom stereocenters. The Kier molecular flexibility index (Phi) is 4.57. The van der Waals surface area contributed by atoms with E-state index < -0.39 is 11.6 Å². The second-order valence-electron chi connectivity index (χ2n) is 9.16. The molecule has 5 rings (SSSR count). The Bertz CT molecular complexity index is 1230. The number of fused-ring (bicyclic) bond motifs is 2. The van der Waals surface area contributed by atoms with Gasteiger partial charge in [0.25, 0.3) is 0 Å². The molecule has 3 aromatic rings. The largest absolute Gasteiger partial charge is 0.489 e. The van der Waals surface area contributed by atoms with Crippen molar-refractivity contribution in [3.63, 3.8) is 0 Å². The maximum absolute atomic E-state index is 11.2. The highest BCUT2D eigenvalue weighted by atomic mass is 16.5. The first kappa shape index (κ1) is 20.3. The number of aliphatic hydroxyl groups is 1. The molecule has 0 spiro atoms. The molecule has 0 unspecified atom stereocenters. The molecule has 1 saturated heterocycles. The first-order chi connectivity index (χ1) is 15.2.